The predicted octanol–water partition coefficient (Wildman–Crippen LogP) is 5.20. The molecule has 3 aromatic rings. The van der Waals surface area contributed by atoms with Crippen LogP contribution in [0, 0.1) is 12.7 Å². The van der Waals surface area contributed by atoms with Crippen molar-refractivity contribution in [3.63, 3.8) is 0 Å². The zero-order valence-electron chi connectivity index (χ0n) is 22.9. The highest BCUT2D eigenvalue weighted by atomic mass is 32.2. The molecule has 0 bridgehead atoms. The summed E-state index contributed by atoms with van der Waals surface area (Å²) in [4.78, 5) is 29.0. The van der Waals surface area contributed by atoms with Gasteiger partial charge in [-0.15, -0.1) is 0 Å². The number of nitrogens with one attached hydrogen (secondary N) is 1. The lowest BCUT2D eigenvalue weighted by Crippen LogP contribution is -2.53. The normalized spacial score (nSPS) is 14.5. The topological polar surface area (TPSA) is 86.8 Å². The van der Waals surface area contributed by atoms with Crippen LogP contribution in [0.25, 0.3) is 0 Å². The number of anilines is 1. The number of hydrogen-bond donors (Lipinski definition) is 1. The zero-order chi connectivity index (χ0) is 28.7. The van der Waals surface area contributed by atoms with Gasteiger partial charge in [0, 0.05) is 12.6 Å². The lowest BCUT2D eigenvalue weighted by molar-refractivity contribution is -0.140. The van der Waals surface area contributed by atoms with Gasteiger partial charge in [-0.2, -0.15) is 0 Å². The third kappa shape index (κ3) is 6.88. The smallest absolute Gasteiger partial charge is 0.264 e. The Labute approximate surface area is 236 Å². The largest absolute Gasteiger partial charge is 0.352 e. The summed E-state index contributed by atoms with van der Waals surface area (Å²) in [6.45, 7) is 3.14. The minimum Gasteiger partial charge on any atom is -0.352 e. The fourth-order valence-corrected chi connectivity index (χ4v) is 6.65. The van der Waals surface area contributed by atoms with E-state index in [-0.39, 0.29) is 23.4 Å². The van der Waals surface area contributed by atoms with Gasteiger partial charge >= 0.3 is 0 Å². The number of aryl methyl sites for hydroxylation is 1. The Morgan fingerprint density at radius 2 is 1.57 bits per heavy atom. The predicted molar refractivity (Wildman–Crippen MR) is 154 cm³/mol. The van der Waals surface area contributed by atoms with Crippen molar-refractivity contribution < 1.29 is 22.4 Å². The molecule has 40 heavy (non-hydrogen) atoms. The summed E-state index contributed by atoms with van der Waals surface area (Å²) in [5.74, 6) is -1.20. The van der Waals surface area contributed by atoms with Gasteiger partial charge in [-0.05, 0) is 67.6 Å². The van der Waals surface area contributed by atoms with E-state index in [0.29, 0.717) is 23.2 Å². The minimum absolute atomic E-state index is 0.0305. The van der Waals surface area contributed by atoms with Gasteiger partial charge < -0.3 is 10.2 Å². The second-order valence-electron chi connectivity index (χ2n) is 10.2. The van der Waals surface area contributed by atoms with Gasteiger partial charge in [0.1, 0.15) is 18.4 Å². The second kappa shape index (κ2) is 13.1. The van der Waals surface area contributed by atoms with Gasteiger partial charge in [0.25, 0.3) is 10.0 Å². The number of rotatable bonds is 11. The van der Waals surface area contributed by atoms with Crippen molar-refractivity contribution >= 4 is 27.5 Å². The average molecular weight is 566 g/mol. The number of sulfonamides is 1. The molecule has 2 amide bonds. The summed E-state index contributed by atoms with van der Waals surface area (Å²) in [6, 6.07) is 19.9. The Kier molecular flexibility index (Phi) is 9.58. The van der Waals surface area contributed by atoms with Crippen molar-refractivity contribution in [3.8, 4) is 0 Å². The molecule has 1 N–H and O–H groups in total. The molecule has 0 heterocycles. The Balaban J connectivity index is 1.71. The van der Waals surface area contributed by atoms with Crippen LogP contribution in [0.4, 0.5) is 10.1 Å². The Bertz CT molecular complexity index is 1410. The number of para-hydroxylation sites is 1. The van der Waals surface area contributed by atoms with Crippen LogP contribution in [0.5, 0.6) is 0 Å². The number of carbonyl (C=O) groups excluding carboxylic acids is 2. The molecule has 212 valence electrons. The molecule has 1 aliphatic rings. The van der Waals surface area contributed by atoms with Gasteiger partial charge in [0.05, 0.1) is 10.6 Å². The van der Waals surface area contributed by atoms with Crippen LogP contribution >= 0.6 is 0 Å². The van der Waals surface area contributed by atoms with E-state index in [4.69, 9.17) is 0 Å². The van der Waals surface area contributed by atoms with E-state index in [2.05, 4.69) is 5.32 Å². The molecule has 0 saturated heterocycles. The summed E-state index contributed by atoms with van der Waals surface area (Å²) < 4.78 is 42.5. The first-order valence-corrected chi connectivity index (χ1v) is 15.1. The Morgan fingerprint density at radius 3 is 2.20 bits per heavy atom. The van der Waals surface area contributed by atoms with Crippen LogP contribution in [0.3, 0.4) is 0 Å². The molecule has 1 aliphatic carbocycles. The number of amides is 2. The molecule has 9 heteroatoms. The van der Waals surface area contributed by atoms with Gasteiger partial charge in [0.15, 0.2) is 0 Å². The summed E-state index contributed by atoms with van der Waals surface area (Å²) >= 11 is 0. The molecule has 1 saturated carbocycles. The van der Waals surface area contributed by atoms with E-state index in [0.717, 1.165) is 30.0 Å². The molecule has 1 fully saturated rings. The zero-order valence-corrected chi connectivity index (χ0v) is 23.7. The maximum atomic E-state index is 14.1. The van der Waals surface area contributed by atoms with Crippen LogP contribution in [0.1, 0.15) is 50.2 Å². The van der Waals surface area contributed by atoms with E-state index in [1.54, 1.807) is 61.5 Å². The van der Waals surface area contributed by atoms with Gasteiger partial charge in [-0.1, -0.05) is 68.3 Å². The third-order valence-corrected chi connectivity index (χ3v) is 9.12. The van der Waals surface area contributed by atoms with Gasteiger partial charge in [-0.3, -0.25) is 13.9 Å². The molecular weight excluding hydrogens is 529 g/mol. The third-order valence-electron chi connectivity index (χ3n) is 7.35. The molecular formula is C31H36FN3O4S. The molecule has 7 nitrogen and oxygen atoms in total. The van der Waals surface area contributed by atoms with Crippen molar-refractivity contribution in [1.82, 2.24) is 10.2 Å². The molecule has 0 aliphatic heterocycles. The summed E-state index contributed by atoms with van der Waals surface area (Å²) in [7, 11) is -4.12. The molecule has 1 unspecified atom stereocenters. The molecule has 0 radical (unpaired) electrons. The highest BCUT2D eigenvalue weighted by Crippen LogP contribution is 2.27. The van der Waals surface area contributed by atoms with Crippen molar-refractivity contribution in [2.75, 3.05) is 10.8 Å². The van der Waals surface area contributed by atoms with Crippen molar-refractivity contribution in [3.05, 3.63) is 95.8 Å². The number of halogens is 1. The Hall–Kier alpha value is -3.72. The number of nitrogens with zero attached hydrogens (tertiary/aromatic N) is 2. The highest BCUT2D eigenvalue weighted by Gasteiger charge is 2.34. The fraction of sp³-hybridized carbons (Fsp3) is 0.355. The molecule has 0 aromatic heterocycles. The maximum Gasteiger partial charge on any atom is 0.264 e. The first kappa shape index (κ1) is 29.3. The fourth-order valence-electron chi connectivity index (χ4n) is 5.15. The van der Waals surface area contributed by atoms with Gasteiger partial charge in [0.2, 0.25) is 11.8 Å². The number of carbonyl (C=O) groups is 2. The van der Waals surface area contributed by atoms with Gasteiger partial charge in [-0.25, -0.2) is 12.8 Å². The number of benzene rings is 3. The summed E-state index contributed by atoms with van der Waals surface area (Å²) in [6.07, 6.45) is 4.21. The van der Waals surface area contributed by atoms with E-state index in [1.165, 1.54) is 29.2 Å². The summed E-state index contributed by atoms with van der Waals surface area (Å²) in [5.41, 5.74) is 1.70. The average Bonchev–Trinajstić information content (AvgIpc) is 3.46. The van der Waals surface area contributed by atoms with Crippen LogP contribution in [-0.2, 0) is 26.2 Å². The molecule has 3 aromatic carbocycles. The minimum atomic E-state index is -4.12. The van der Waals surface area contributed by atoms with E-state index < -0.39 is 34.3 Å². The second-order valence-corrected chi connectivity index (χ2v) is 12.0. The van der Waals surface area contributed by atoms with Crippen LogP contribution in [-0.4, -0.2) is 43.8 Å². The lowest BCUT2D eigenvalue weighted by Gasteiger charge is -2.34. The monoisotopic (exact) mass is 565 g/mol. The van der Waals surface area contributed by atoms with Crippen molar-refractivity contribution in [2.24, 2.45) is 0 Å². The Morgan fingerprint density at radius 1 is 0.950 bits per heavy atom. The van der Waals surface area contributed by atoms with E-state index >= 15 is 0 Å². The van der Waals surface area contributed by atoms with E-state index in [9.17, 15) is 22.4 Å². The van der Waals surface area contributed by atoms with Crippen LogP contribution in [0.2, 0.25) is 0 Å². The standard InChI is InChI=1S/C31H36FN3O4S/c1-3-28(31(37)33-26-12-8-9-13-26)34(21-24-17-19-25(32)20-18-24)30(36)22-35(29-16-10-7-11-23(29)2)40(38,39)27-14-5-4-6-15-27/h4-7,10-11,14-20,26,28H,3,8-9,12-13,21-22H2,1-2H3,(H,33,37). The quantitative estimate of drug-likeness (QED) is 0.347. The van der Waals surface area contributed by atoms with Crippen molar-refractivity contribution in [2.45, 2.75) is 69.5 Å². The number of hydrogen-bond acceptors (Lipinski definition) is 4. The maximum absolute atomic E-state index is 14.1. The molecule has 4 rings (SSSR count). The van der Waals surface area contributed by atoms with E-state index in [1.807, 2.05) is 6.92 Å². The van der Waals surface area contributed by atoms with Crippen LogP contribution < -0.4 is 9.62 Å². The first-order valence-electron chi connectivity index (χ1n) is 13.7. The molecule has 1 atom stereocenters. The lowest BCUT2D eigenvalue weighted by atomic mass is 10.1. The van der Waals surface area contributed by atoms with Crippen molar-refractivity contribution in [1.29, 1.82) is 0 Å². The first-order chi connectivity index (χ1) is 19.2. The molecule has 0 spiro atoms. The SMILES string of the molecule is CCC(C(=O)NC1CCCC1)N(Cc1ccc(F)cc1)C(=O)CN(c1ccccc1C)S(=O)(=O)c1ccccc1. The van der Waals surface area contributed by atoms with Crippen LogP contribution in [0.15, 0.2) is 83.8 Å². The highest BCUT2D eigenvalue weighted by molar-refractivity contribution is 7.92. The summed E-state index contributed by atoms with van der Waals surface area (Å²) in [5, 5.41) is 3.09.